The van der Waals surface area contributed by atoms with Gasteiger partial charge in [-0.05, 0) is 36.8 Å². The summed E-state index contributed by atoms with van der Waals surface area (Å²) in [4.78, 5) is 23.8. The zero-order valence-corrected chi connectivity index (χ0v) is 15.2. The molecule has 0 saturated heterocycles. The SMILES string of the molecule is Cc1cc2oc(=O)cc(COC(=O)Cc3c(F)cccc3Cl)c2cc1Cl. The van der Waals surface area contributed by atoms with Gasteiger partial charge in [-0.1, -0.05) is 29.3 Å². The first-order valence-corrected chi connectivity index (χ1v) is 8.42. The molecule has 0 fully saturated rings. The van der Waals surface area contributed by atoms with E-state index < -0.39 is 17.4 Å². The highest BCUT2D eigenvalue weighted by Crippen LogP contribution is 2.26. The molecule has 0 amide bonds. The average molecular weight is 395 g/mol. The zero-order valence-electron chi connectivity index (χ0n) is 13.6. The molecule has 3 rings (SSSR count). The number of hydrogen-bond donors (Lipinski definition) is 0. The maximum Gasteiger partial charge on any atom is 0.336 e. The molecule has 1 aromatic heterocycles. The molecule has 1 heterocycles. The maximum atomic E-state index is 13.8. The minimum absolute atomic E-state index is 0.0651. The average Bonchev–Trinajstić information content (AvgIpc) is 2.58. The van der Waals surface area contributed by atoms with Crippen LogP contribution in [-0.4, -0.2) is 5.97 Å². The van der Waals surface area contributed by atoms with E-state index in [-0.39, 0.29) is 23.6 Å². The molecule has 134 valence electrons. The van der Waals surface area contributed by atoms with E-state index in [9.17, 15) is 14.0 Å². The molecule has 3 aromatic rings. The highest BCUT2D eigenvalue weighted by molar-refractivity contribution is 6.32. The zero-order chi connectivity index (χ0) is 18.8. The second kappa shape index (κ2) is 7.48. The van der Waals surface area contributed by atoms with Gasteiger partial charge in [0.05, 0.1) is 6.42 Å². The quantitative estimate of drug-likeness (QED) is 0.469. The summed E-state index contributed by atoms with van der Waals surface area (Å²) in [6.07, 6.45) is -0.315. The number of carbonyl (C=O) groups excluding carboxylic acids is 1. The number of halogens is 3. The molecule has 0 saturated carbocycles. The van der Waals surface area contributed by atoms with Gasteiger partial charge in [0, 0.05) is 32.6 Å². The van der Waals surface area contributed by atoms with Crippen LogP contribution in [0.3, 0.4) is 0 Å². The first kappa shape index (κ1) is 18.4. The number of ether oxygens (including phenoxy) is 1. The van der Waals surface area contributed by atoms with Gasteiger partial charge < -0.3 is 9.15 Å². The van der Waals surface area contributed by atoms with E-state index in [4.69, 9.17) is 32.4 Å². The first-order valence-electron chi connectivity index (χ1n) is 7.66. The molecule has 0 aliphatic rings. The van der Waals surface area contributed by atoms with Crippen LogP contribution in [-0.2, 0) is 22.6 Å². The molecule has 0 bridgehead atoms. The van der Waals surface area contributed by atoms with Crippen molar-refractivity contribution in [2.75, 3.05) is 0 Å². The van der Waals surface area contributed by atoms with Crippen LogP contribution in [0.2, 0.25) is 10.0 Å². The standard InChI is InChI=1S/C19H13Cl2FO4/c1-10-5-17-12(7-15(10)21)11(6-19(24)26-17)9-25-18(23)8-13-14(20)3-2-4-16(13)22/h2-7H,8-9H2,1H3. The minimum Gasteiger partial charge on any atom is -0.461 e. The first-order chi connectivity index (χ1) is 12.3. The summed E-state index contributed by atoms with van der Waals surface area (Å²) < 4.78 is 24.1. The molecule has 0 aliphatic carbocycles. The fraction of sp³-hybridized carbons (Fsp3) is 0.158. The molecule has 7 heteroatoms. The van der Waals surface area contributed by atoms with Crippen molar-refractivity contribution in [1.29, 1.82) is 0 Å². The van der Waals surface area contributed by atoms with Crippen LogP contribution in [0.1, 0.15) is 16.7 Å². The molecule has 2 aromatic carbocycles. The van der Waals surface area contributed by atoms with Crippen LogP contribution in [0.4, 0.5) is 4.39 Å². The Hall–Kier alpha value is -2.37. The summed E-state index contributed by atoms with van der Waals surface area (Å²) in [5.41, 5.74) is 1.05. The van der Waals surface area contributed by atoms with E-state index in [1.807, 2.05) is 0 Å². The largest absolute Gasteiger partial charge is 0.461 e. The summed E-state index contributed by atoms with van der Waals surface area (Å²) in [6, 6.07) is 8.68. The molecule has 4 nitrogen and oxygen atoms in total. The van der Waals surface area contributed by atoms with Gasteiger partial charge >= 0.3 is 11.6 Å². The van der Waals surface area contributed by atoms with E-state index in [1.54, 1.807) is 19.1 Å². The summed E-state index contributed by atoms with van der Waals surface area (Å²) >= 11 is 12.0. The normalized spacial score (nSPS) is 10.9. The number of aryl methyl sites for hydroxylation is 1. The van der Waals surface area contributed by atoms with Gasteiger partial charge in [-0.2, -0.15) is 0 Å². The van der Waals surface area contributed by atoms with Crippen molar-refractivity contribution in [2.45, 2.75) is 20.0 Å². The molecule has 0 radical (unpaired) electrons. The Balaban J connectivity index is 1.82. The predicted molar refractivity (Wildman–Crippen MR) is 97.1 cm³/mol. The molecule has 0 N–H and O–H groups in total. The second-order valence-corrected chi connectivity index (χ2v) is 6.54. The van der Waals surface area contributed by atoms with E-state index >= 15 is 0 Å². The van der Waals surface area contributed by atoms with Gasteiger partial charge in [0.2, 0.25) is 0 Å². The molecule has 0 aliphatic heterocycles. The molecule has 0 unspecified atom stereocenters. The van der Waals surface area contributed by atoms with Crippen LogP contribution in [0.15, 0.2) is 45.6 Å². The molecule has 0 spiro atoms. The molecule has 26 heavy (non-hydrogen) atoms. The Bertz CT molecular complexity index is 1040. The summed E-state index contributed by atoms with van der Waals surface area (Å²) in [6.45, 7) is 1.61. The summed E-state index contributed by atoms with van der Waals surface area (Å²) in [5.74, 6) is -1.25. The Kier molecular flexibility index (Phi) is 5.30. The number of esters is 1. The highest BCUT2D eigenvalue weighted by Gasteiger charge is 2.15. The lowest BCUT2D eigenvalue weighted by atomic mass is 10.1. The Morgan fingerprint density at radius 3 is 2.69 bits per heavy atom. The Morgan fingerprint density at radius 2 is 1.96 bits per heavy atom. The van der Waals surface area contributed by atoms with Crippen molar-refractivity contribution in [1.82, 2.24) is 0 Å². The second-order valence-electron chi connectivity index (χ2n) is 5.73. The smallest absolute Gasteiger partial charge is 0.336 e. The topological polar surface area (TPSA) is 56.5 Å². The van der Waals surface area contributed by atoms with Crippen molar-refractivity contribution in [2.24, 2.45) is 0 Å². The van der Waals surface area contributed by atoms with Gasteiger partial charge in [0.25, 0.3) is 0 Å². The minimum atomic E-state index is -0.670. The van der Waals surface area contributed by atoms with Gasteiger partial charge in [0.1, 0.15) is 18.0 Å². The predicted octanol–water partition coefficient (Wildman–Crippen LogP) is 4.83. The molecular weight excluding hydrogens is 382 g/mol. The fourth-order valence-electron chi connectivity index (χ4n) is 2.52. The number of benzene rings is 2. The third-order valence-corrected chi connectivity index (χ3v) is 4.64. The summed E-state index contributed by atoms with van der Waals surface area (Å²) in [5, 5.41) is 1.21. The van der Waals surface area contributed by atoms with Crippen LogP contribution in [0, 0.1) is 12.7 Å². The van der Waals surface area contributed by atoms with E-state index in [0.29, 0.717) is 21.6 Å². The number of hydrogen-bond acceptors (Lipinski definition) is 4. The number of carbonyl (C=O) groups is 1. The van der Waals surface area contributed by atoms with Crippen LogP contribution < -0.4 is 5.63 Å². The van der Waals surface area contributed by atoms with Gasteiger partial charge in [-0.15, -0.1) is 0 Å². The van der Waals surface area contributed by atoms with Crippen molar-refractivity contribution in [3.05, 3.63) is 79.4 Å². The number of rotatable bonds is 4. The van der Waals surface area contributed by atoms with Crippen molar-refractivity contribution in [3.8, 4) is 0 Å². The molecule has 0 atom stereocenters. The third kappa shape index (κ3) is 3.89. The lowest BCUT2D eigenvalue weighted by Gasteiger charge is -2.09. The van der Waals surface area contributed by atoms with Gasteiger partial charge in [-0.25, -0.2) is 9.18 Å². The fourth-order valence-corrected chi connectivity index (χ4v) is 2.92. The van der Waals surface area contributed by atoms with Gasteiger partial charge in [0.15, 0.2) is 0 Å². The van der Waals surface area contributed by atoms with E-state index in [0.717, 1.165) is 5.56 Å². The summed E-state index contributed by atoms with van der Waals surface area (Å²) in [7, 11) is 0. The van der Waals surface area contributed by atoms with Crippen molar-refractivity contribution >= 4 is 40.1 Å². The highest BCUT2D eigenvalue weighted by atomic mass is 35.5. The Morgan fingerprint density at radius 1 is 1.19 bits per heavy atom. The maximum absolute atomic E-state index is 13.8. The van der Waals surface area contributed by atoms with Gasteiger partial charge in [-0.3, -0.25) is 4.79 Å². The monoisotopic (exact) mass is 394 g/mol. The van der Waals surface area contributed by atoms with Crippen molar-refractivity contribution < 1.29 is 18.3 Å². The Labute approximate surface area is 158 Å². The van der Waals surface area contributed by atoms with E-state index in [1.165, 1.54) is 24.3 Å². The van der Waals surface area contributed by atoms with Crippen LogP contribution >= 0.6 is 23.2 Å². The number of fused-ring (bicyclic) bond motifs is 1. The van der Waals surface area contributed by atoms with Crippen LogP contribution in [0.25, 0.3) is 11.0 Å². The van der Waals surface area contributed by atoms with Crippen molar-refractivity contribution in [3.63, 3.8) is 0 Å². The molecular formula is C19H13Cl2FO4. The van der Waals surface area contributed by atoms with Crippen LogP contribution in [0.5, 0.6) is 0 Å². The third-order valence-electron chi connectivity index (χ3n) is 3.88. The van der Waals surface area contributed by atoms with E-state index in [2.05, 4.69) is 0 Å². The lowest BCUT2D eigenvalue weighted by Crippen LogP contribution is -2.11. The lowest BCUT2D eigenvalue weighted by molar-refractivity contribution is -0.144.